The molecule has 0 N–H and O–H groups in total. The highest BCUT2D eigenvalue weighted by Gasteiger charge is 2.21. The maximum atomic E-state index is 6.23. The Morgan fingerprint density at radius 1 is 0.909 bits per heavy atom. The maximum Gasteiger partial charge on any atom is 0.161 e. The van der Waals surface area contributed by atoms with Gasteiger partial charge in [0, 0.05) is 42.2 Å². The summed E-state index contributed by atoms with van der Waals surface area (Å²) in [6, 6.07) is 16.2. The smallest absolute Gasteiger partial charge is 0.161 e. The molecule has 2 aliphatic heterocycles. The normalized spacial score (nSPS) is 19.2. The van der Waals surface area contributed by atoms with Crippen molar-refractivity contribution in [1.29, 1.82) is 0 Å². The van der Waals surface area contributed by atoms with Gasteiger partial charge in [0.05, 0.1) is 0 Å². The summed E-state index contributed by atoms with van der Waals surface area (Å²) in [7, 11) is 0. The molecule has 2 aromatic rings. The second-order valence-electron chi connectivity index (χ2n) is 8.32. The lowest BCUT2D eigenvalue weighted by Gasteiger charge is -2.33. The monoisotopic (exact) mass is 440 g/mol. The second-order valence-corrected chi connectivity index (χ2v) is 8.32. The first-order valence-corrected chi connectivity index (χ1v) is 11.2. The minimum Gasteiger partial charge on any atom is -0.473 e. The van der Waals surface area contributed by atoms with Crippen molar-refractivity contribution < 1.29 is 14.2 Å². The van der Waals surface area contributed by atoms with Crippen LogP contribution in [0.2, 0.25) is 0 Å². The van der Waals surface area contributed by atoms with Gasteiger partial charge in [-0.2, -0.15) is 0 Å². The zero-order valence-electron chi connectivity index (χ0n) is 18.7. The van der Waals surface area contributed by atoms with Crippen LogP contribution in [-0.2, 0) is 9.47 Å². The van der Waals surface area contributed by atoms with E-state index in [9.17, 15) is 0 Å². The number of nitrogens with zero attached hydrogens (tertiary/aromatic N) is 2. The first-order valence-electron chi connectivity index (χ1n) is 11.2. The SMILES string of the molecule is C=C/C=C1/OCN(c2cccc(Oc3cccc(N4COC5=C(CCC=C5)C4)c3)c2)CC1=C. The maximum absolute atomic E-state index is 6.23. The zero-order valence-corrected chi connectivity index (χ0v) is 18.7. The first-order chi connectivity index (χ1) is 16.2. The van der Waals surface area contributed by atoms with Crippen LogP contribution in [0, 0.1) is 0 Å². The Labute approximate surface area is 195 Å². The lowest BCUT2D eigenvalue weighted by molar-refractivity contribution is 0.202. The molecular formula is C28H28N2O3. The summed E-state index contributed by atoms with van der Waals surface area (Å²) in [6.07, 6.45) is 9.99. The molecule has 0 aromatic heterocycles. The van der Waals surface area contributed by atoms with Crippen LogP contribution in [0.3, 0.4) is 0 Å². The fraction of sp³-hybridized carbons (Fsp3) is 0.214. The Balaban J connectivity index is 1.28. The van der Waals surface area contributed by atoms with Crippen molar-refractivity contribution in [2.75, 3.05) is 36.4 Å². The topological polar surface area (TPSA) is 34.2 Å². The van der Waals surface area contributed by atoms with Gasteiger partial charge < -0.3 is 24.0 Å². The summed E-state index contributed by atoms with van der Waals surface area (Å²) in [6.45, 7) is 10.4. The highest BCUT2D eigenvalue weighted by Crippen LogP contribution is 2.33. The number of anilines is 2. The average molecular weight is 441 g/mol. The van der Waals surface area contributed by atoms with Crippen LogP contribution < -0.4 is 14.5 Å². The Bertz CT molecular complexity index is 1160. The Morgan fingerprint density at radius 3 is 2.30 bits per heavy atom. The molecular weight excluding hydrogens is 412 g/mol. The van der Waals surface area contributed by atoms with Gasteiger partial charge in [-0.1, -0.05) is 37.4 Å². The Hall–Kier alpha value is -3.86. The fourth-order valence-electron chi connectivity index (χ4n) is 4.25. The molecule has 1 fully saturated rings. The molecule has 0 unspecified atom stereocenters. The first kappa shape index (κ1) is 21.0. The average Bonchev–Trinajstić information content (AvgIpc) is 2.85. The predicted octanol–water partition coefficient (Wildman–Crippen LogP) is 6.30. The Morgan fingerprint density at radius 2 is 1.61 bits per heavy atom. The van der Waals surface area contributed by atoms with Gasteiger partial charge in [-0.25, -0.2) is 0 Å². The van der Waals surface area contributed by atoms with E-state index in [0.717, 1.165) is 59.4 Å². The van der Waals surface area contributed by atoms with E-state index in [1.807, 2.05) is 36.4 Å². The molecule has 0 atom stereocenters. The quantitative estimate of drug-likeness (QED) is 0.545. The van der Waals surface area contributed by atoms with Crippen molar-refractivity contribution in [3.63, 3.8) is 0 Å². The summed E-state index contributed by atoms with van der Waals surface area (Å²) in [5.41, 5.74) is 4.40. The summed E-state index contributed by atoms with van der Waals surface area (Å²) in [4.78, 5) is 4.37. The van der Waals surface area contributed by atoms with Crippen molar-refractivity contribution in [2.24, 2.45) is 0 Å². The van der Waals surface area contributed by atoms with Gasteiger partial charge in [0.2, 0.25) is 0 Å². The molecule has 2 heterocycles. The third-order valence-corrected chi connectivity index (χ3v) is 5.96. The van der Waals surface area contributed by atoms with Crippen LogP contribution in [0.25, 0.3) is 0 Å². The van der Waals surface area contributed by atoms with E-state index in [2.05, 4.69) is 53.3 Å². The summed E-state index contributed by atoms with van der Waals surface area (Å²) < 4.78 is 18.0. The van der Waals surface area contributed by atoms with E-state index < -0.39 is 0 Å². The fourth-order valence-corrected chi connectivity index (χ4v) is 4.25. The van der Waals surface area contributed by atoms with Gasteiger partial charge in [0.15, 0.2) is 13.5 Å². The molecule has 5 heteroatoms. The van der Waals surface area contributed by atoms with Crippen molar-refractivity contribution in [2.45, 2.75) is 12.8 Å². The number of hydrogen-bond acceptors (Lipinski definition) is 5. The van der Waals surface area contributed by atoms with Crippen LogP contribution in [0.4, 0.5) is 11.4 Å². The van der Waals surface area contributed by atoms with Gasteiger partial charge in [-0.3, -0.25) is 0 Å². The van der Waals surface area contributed by atoms with Gasteiger partial charge in [0.25, 0.3) is 0 Å². The number of allylic oxidation sites excluding steroid dienone is 4. The summed E-state index contributed by atoms with van der Waals surface area (Å²) in [5, 5.41) is 0. The molecule has 0 saturated carbocycles. The van der Waals surface area contributed by atoms with E-state index in [0.29, 0.717) is 20.0 Å². The molecule has 168 valence electrons. The molecule has 2 aromatic carbocycles. The zero-order chi connectivity index (χ0) is 22.6. The van der Waals surface area contributed by atoms with Crippen LogP contribution in [0.5, 0.6) is 11.5 Å². The lowest BCUT2D eigenvalue weighted by atomic mass is 10.0. The highest BCUT2D eigenvalue weighted by atomic mass is 16.5. The molecule has 1 saturated heterocycles. The largest absolute Gasteiger partial charge is 0.473 e. The van der Waals surface area contributed by atoms with Crippen LogP contribution >= 0.6 is 0 Å². The van der Waals surface area contributed by atoms with E-state index in [-0.39, 0.29) is 0 Å². The number of benzene rings is 2. The molecule has 0 radical (unpaired) electrons. The highest BCUT2D eigenvalue weighted by molar-refractivity contribution is 5.56. The van der Waals surface area contributed by atoms with Crippen LogP contribution in [-0.4, -0.2) is 26.6 Å². The molecule has 3 aliphatic rings. The van der Waals surface area contributed by atoms with E-state index in [1.54, 1.807) is 6.08 Å². The molecule has 0 amide bonds. The van der Waals surface area contributed by atoms with Crippen molar-refractivity contribution in [3.8, 4) is 11.5 Å². The predicted molar refractivity (Wildman–Crippen MR) is 132 cm³/mol. The van der Waals surface area contributed by atoms with Gasteiger partial charge in [-0.05, 0) is 54.8 Å². The molecule has 5 rings (SSSR count). The van der Waals surface area contributed by atoms with Gasteiger partial charge >= 0.3 is 0 Å². The van der Waals surface area contributed by atoms with E-state index in [1.165, 1.54) is 5.57 Å². The third-order valence-electron chi connectivity index (χ3n) is 5.96. The van der Waals surface area contributed by atoms with Crippen molar-refractivity contribution in [1.82, 2.24) is 0 Å². The minimum absolute atomic E-state index is 0.458. The van der Waals surface area contributed by atoms with Crippen molar-refractivity contribution in [3.05, 3.63) is 109 Å². The van der Waals surface area contributed by atoms with E-state index >= 15 is 0 Å². The van der Waals surface area contributed by atoms with Gasteiger partial charge in [0.1, 0.15) is 23.0 Å². The standard InChI is InChI=1S/C28H28N2O3/c1-3-8-27-21(2)17-29(19-31-27)23-10-6-12-25(15-23)33-26-13-7-11-24(16-26)30-18-22-9-4-5-14-28(22)32-20-30/h3,5-8,10-16H,1-2,4,9,17-20H2/b27-8+. The molecule has 1 aliphatic carbocycles. The van der Waals surface area contributed by atoms with Crippen LogP contribution in [0.15, 0.2) is 109 Å². The number of ether oxygens (including phenoxy) is 3. The second kappa shape index (κ2) is 9.33. The van der Waals surface area contributed by atoms with Crippen LogP contribution in [0.1, 0.15) is 12.8 Å². The lowest BCUT2D eigenvalue weighted by Crippen LogP contribution is -2.33. The van der Waals surface area contributed by atoms with Crippen molar-refractivity contribution >= 4 is 11.4 Å². The van der Waals surface area contributed by atoms with Gasteiger partial charge in [-0.15, -0.1) is 0 Å². The third kappa shape index (κ3) is 4.67. The molecule has 5 nitrogen and oxygen atoms in total. The molecule has 33 heavy (non-hydrogen) atoms. The number of hydrogen-bond donors (Lipinski definition) is 0. The van der Waals surface area contributed by atoms with E-state index in [4.69, 9.17) is 14.2 Å². The minimum atomic E-state index is 0.458. The molecule has 0 spiro atoms. The molecule has 0 bridgehead atoms. The summed E-state index contributed by atoms with van der Waals surface area (Å²) in [5.74, 6) is 3.40. The number of rotatable bonds is 5. The Kier molecular flexibility index (Phi) is 5.94. The summed E-state index contributed by atoms with van der Waals surface area (Å²) >= 11 is 0.